The van der Waals surface area contributed by atoms with Crippen molar-refractivity contribution in [3.8, 4) is 5.75 Å². The summed E-state index contributed by atoms with van der Waals surface area (Å²) in [4.78, 5) is 0. The zero-order valence-corrected chi connectivity index (χ0v) is 10.2. The molecule has 2 N–H and O–H groups in total. The van der Waals surface area contributed by atoms with E-state index in [1.54, 1.807) is 12.1 Å². The summed E-state index contributed by atoms with van der Waals surface area (Å²) >= 11 is 0. The van der Waals surface area contributed by atoms with Crippen molar-refractivity contribution in [2.45, 2.75) is 32.0 Å². The van der Waals surface area contributed by atoms with Crippen molar-refractivity contribution in [2.24, 2.45) is 0 Å². The molecular formula is C14H17N3O. The Labute approximate surface area is 106 Å². The van der Waals surface area contributed by atoms with Crippen LogP contribution in [0.2, 0.25) is 0 Å². The van der Waals surface area contributed by atoms with E-state index in [4.69, 9.17) is 0 Å². The maximum absolute atomic E-state index is 9.22. The molecule has 0 spiro atoms. The quantitative estimate of drug-likeness (QED) is 0.843. The molecule has 4 heteroatoms. The van der Waals surface area contributed by atoms with Gasteiger partial charge in [-0.2, -0.15) is 5.10 Å². The number of nitrogens with one attached hydrogen (secondary N) is 1. The zero-order valence-electron chi connectivity index (χ0n) is 10.2. The average molecular weight is 243 g/mol. The molecule has 0 saturated heterocycles. The number of aromatic hydroxyl groups is 1. The molecule has 3 rings (SSSR count). The van der Waals surface area contributed by atoms with Crippen molar-refractivity contribution in [3.05, 3.63) is 47.8 Å². The first kappa shape index (κ1) is 11.3. The van der Waals surface area contributed by atoms with Gasteiger partial charge in [-0.25, -0.2) is 0 Å². The van der Waals surface area contributed by atoms with Crippen LogP contribution in [0.3, 0.4) is 0 Å². The van der Waals surface area contributed by atoms with Gasteiger partial charge in [-0.15, -0.1) is 0 Å². The molecule has 0 radical (unpaired) electrons. The molecule has 1 heterocycles. The van der Waals surface area contributed by atoms with Crippen LogP contribution in [-0.4, -0.2) is 20.9 Å². The predicted octanol–water partition coefficient (Wildman–Crippen LogP) is 1.89. The van der Waals surface area contributed by atoms with Gasteiger partial charge >= 0.3 is 0 Å². The van der Waals surface area contributed by atoms with Gasteiger partial charge in [0, 0.05) is 18.8 Å². The van der Waals surface area contributed by atoms with E-state index < -0.39 is 0 Å². The van der Waals surface area contributed by atoms with E-state index >= 15 is 0 Å². The van der Waals surface area contributed by atoms with Gasteiger partial charge < -0.3 is 10.4 Å². The van der Waals surface area contributed by atoms with Gasteiger partial charge in [-0.3, -0.25) is 4.68 Å². The second kappa shape index (κ2) is 4.82. The lowest BCUT2D eigenvalue weighted by molar-refractivity contribution is 0.475. The number of rotatable bonds is 5. The Morgan fingerprint density at radius 3 is 2.72 bits per heavy atom. The van der Waals surface area contributed by atoms with Crippen LogP contribution >= 0.6 is 0 Å². The molecule has 18 heavy (non-hydrogen) atoms. The van der Waals surface area contributed by atoms with E-state index in [0.29, 0.717) is 11.8 Å². The molecule has 1 fully saturated rings. The molecular weight excluding hydrogens is 226 g/mol. The molecule has 4 nitrogen and oxygen atoms in total. The summed E-state index contributed by atoms with van der Waals surface area (Å²) in [5, 5.41) is 17.2. The molecule has 1 aliphatic carbocycles. The Morgan fingerprint density at radius 1 is 1.22 bits per heavy atom. The smallest absolute Gasteiger partial charge is 0.115 e. The lowest BCUT2D eigenvalue weighted by atomic mass is 10.2. The highest BCUT2D eigenvalue weighted by Crippen LogP contribution is 2.19. The number of benzene rings is 1. The minimum absolute atomic E-state index is 0.300. The summed E-state index contributed by atoms with van der Waals surface area (Å²) in [5.74, 6) is 0.300. The number of aromatic nitrogens is 2. The number of hydrogen-bond donors (Lipinski definition) is 2. The van der Waals surface area contributed by atoms with Gasteiger partial charge in [0.25, 0.3) is 0 Å². The van der Waals surface area contributed by atoms with E-state index in [1.165, 1.54) is 12.8 Å². The Balaban J connectivity index is 1.60. The second-order valence-electron chi connectivity index (χ2n) is 4.83. The summed E-state index contributed by atoms with van der Waals surface area (Å²) in [6.45, 7) is 1.59. The van der Waals surface area contributed by atoms with Crippen LogP contribution in [0.4, 0.5) is 0 Å². The Kier molecular flexibility index (Phi) is 3.02. The second-order valence-corrected chi connectivity index (χ2v) is 4.83. The summed E-state index contributed by atoms with van der Waals surface area (Å²) in [6.07, 6.45) is 4.60. The minimum atomic E-state index is 0.300. The topological polar surface area (TPSA) is 50.1 Å². The molecule has 94 valence electrons. The molecule has 1 aromatic heterocycles. The Bertz CT molecular complexity index is 514. The molecule has 1 aromatic carbocycles. The summed E-state index contributed by atoms with van der Waals surface area (Å²) in [5.41, 5.74) is 2.22. The van der Waals surface area contributed by atoms with Crippen molar-refractivity contribution >= 4 is 0 Å². The molecule has 1 aliphatic rings. The van der Waals surface area contributed by atoms with Crippen LogP contribution in [0.5, 0.6) is 5.75 Å². The van der Waals surface area contributed by atoms with Crippen molar-refractivity contribution in [3.63, 3.8) is 0 Å². The number of nitrogens with zero attached hydrogens (tertiary/aromatic N) is 2. The van der Waals surface area contributed by atoms with Crippen molar-refractivity contribution in [2.75, 3.05) is 0 Å². The third-order valence-corrected chi connectivity index (χ3v) is 3.13. The zero-order chi connectivity index (χ0) is 12.4. The van der Waals surface area contributed by atoms with Crippen LogP contribution in [0.1, 0.15) is 24.1 Å². The van der Waals surface area contributed by atoms with Crippen LogP contribution in [0.15, 0.2) is 36.5 Å². The fourth-order valence-corrected chi connectivity index (χ4v) is 1.91. The van der Waals surface area contributed by atoms with Gasteiger partial charge in [0.05, 0.1) is 12.2 Å². The van der Waals surface area contributed by atoms with E-state index in [-0.39, 0.29) is 0 Å². The first-order chi connectivity index (χ1) is 8.79. The summed E-state index contributed by atoms with van der Waals surface area (Å²) in [6, 6.07) is 10.0. The molecule has 0 unspecified atom stereocenters. The third-order valence-electron chi connectivity index (χ3n) is 3.13. The van der Waals surface area contributed by atoms with Gasteiger partial charge in [0.2, 0.25) is 0 Å². The molecule has 1 saturated carbocycles. The normalized spacial score (nSPS) is 14.9. The molecule has 0 amide bonds. The van der Waals surface area contributed by atoms with Gasteiger partial charge in [0.1, 0.15) is 5.75 Å². The van der Waals surface area contributed by atoms with E-state index in [0.717, 1.165) is 24.3 Å². The van der Waals surface area contributed by atoms with Crippen LogP contribution in [0, 0.1) is 0 Å². The van der Waals surface area contributed by atoms with E-state index in [9.17, 15) is 5.11 Å². The highest BCUT2D eigenvalue weighted by atomic mass is 16.3. The van der Waals surface area contributed by atoms with Crippen LogP contribution in [-0.2, 0) is 13.1 Å². The fraction of sp³-hybridized carbons (Fsp3) is 0.357. The van der Waals surface area contributed by atoms with Crippen LogP contribution < -0.4 is 5.32 Å². The van der Waals surface area contributed by atoms with Gasteiger partial charge in [0.15, 0.2) is 0 Å². The lowest BCUT2D eigenvalue weighted by Gasteiger charge is -2.02. The monoisotopic (exact) mass is 243 g/mol. The summed E-state index contributed by atoms with van der Waals surface area (Å²) in [7, 11) is 0. The fourth-order valence-electron chi connectivity index (χ4n) is 1.91. The van der Waals surface area contributed by atoms with E-state index in [1.807, 2.05) is 23.0 Å². The molecule has 0 bridgehead atoms. The number of hydrogen-bond acceptors (Lipinski definition) is 3. The lowest BCUT2D eigenvalue weighted by Crippen LogP contribution is -2.16. The standard InChI is InChI=1S/C14H17N3O/c18-14-5-1-11(2-6-14)10-17-8-7-13(16-17)9-15-12-3-4-12/h1-2,5-8,12,15,18H,3-4,9-10H2. The van der Waals surface area contributed by atoms with Crippen molar-refractivity contribution in [1.82, 2.24) is 15.1 Å². The first-order valence-corrected chi connectivity index (χ1v) is 6.33. The first-order valence-electron chi connectivity index (χ1n) is 6.33. The van der Waals surface area contributed by atoms with Gasteiger partial charge in [-0.1, -0.05) is 12.1 Å². The minimum Gasteiger partial charge on any atom is -0.508 e. The SMILES string of the molecule is Oc1ccc(Cn2ccc(CNC3CC3)n2)cc1. The third kappa shape index (κ3) is 2.90. The molecule has 0 aliphatic heterocycles. The number of phenolic OH excluding ortho intramolecular Hbond substituents is 1. The highest BCUT2D eigenvalue weighted by molar-refractivity contribution is 5.26. The Hall–Kier alpha value is -1.81. The van der Waals surface area contributed by atoms with E-state index in [2.05, 4.69) is 16.5 Å². The van der Waals surface area contributed by atoms with Crippen molar-refractivity contribution < 1.29 is 5.11 Å². The molecule has 0 atom stereocenters. The predicted molar refractivity (Wildman–Crippen MR) is 69.3 cm³/mol. The maximum atomic E-state index is 9.22. The highest BCUT2D eigenvalue weighted by Gasteiger charge is 2.20. The Morgan fingerprint density at radius 2 is 2.00 bits per heavy atom. The van der Waals surface area contributed by atoms with Crippen LogP contribution in [0.25, 0.3) is 0 Å². The maximum Gasteiger partial charge on any atom is 0.115 e. The number of phenols is 1. The van der Waals surface area contributed by atoms with Gasteiger partial charge in [-0.05, 0) is 36.6 Å². The summed E-state index contributed by atoms with van der Waals surface area (Å²) < 4.78 is 1.93. The average Bonchev–Trinajstić information content (AvgIpc) is 3.10. The largest absolute Gasteiger partial charge is 0.508 e. The van der Waals surface area contributed by atoms with Crippen molar-refractivity contribution in [1.29, 1.82) is 0 Å². The molecule has 2 aromatic rings.